The second-order valence-corrected chi connectivity index (χ2v) is 7.92. The zero-order valence-electron chi connectivity index (χ0n) is 16.6. The molecule has 0 atom stereocenters. The molecule has 0 aliphatic heterocycles. The van der Waals surface area contributed by atoms with Gasteiger partial charge in [-0.3, -0.25) is 4.79 Å². The smallest absolute Gasteiger partial charge is 0.338 e. The topological polar surface area (TPSA) is 52.6 Å². The van der Waals surface area contributed by atoms with E-state index in [1.54, 1.807) is 30.3 Å². The van der Waals surface area contributed by atoms with Crippen molar-refractivity contribution < 1.29 is 19.1 Å². The minimum atomic E-state index is -0.533. The minimum absolute atomic E-state index is 0.237. The van der Waals surface area contributed by atoms with E-state index in [4.69, 9.17) is 9.47 Å². The van der Waals surface area contributed by atoms with Gasteiger partial charge in [0, 0.05) is 10.0 Å². The average molecular weight is 475 g/mol. The zero-order valence-corrected chi connectivity index (χ0v) is 18.2. The lowest BCUT2D eigenvalue weighted by Crippen LogP contribution is -2.14. The first kappa shape index (κ1) is 20.8. The molecular formula is C26H19BrO4. The van der Waals surface area contributed by atoms with E-state index in [0.29, 0.717) is 17.7 Å². The van der Waals surface area contributed by atoms with Gasteiger partial charge in [-0.1, -0.05) is 64.5 Å². The first-order valence-electron chi connectivity index (χ1n) is 9.75. The molecule has 0 aliphatic carbocycles. The van der Waals surface area contributed by atoms with Crippen molar-refractivity contribution in [3.05, 3.63) is 112 Å². The number of benzene rings is 4. The highest BCUT2D eigenvalue weighted by atomic mass is 79.9. The van der Waals surface area contributed by atoms with Crippen molar-refractivity contribution in [3.63, 3.8) is 0 Å². The van der Waals surface area contributed by atoms with Crippen LogP contribution in [0.15, 0.2) is 95.5 Å². The summed E-state index contributed by atoms with van der Waals surface area (Å²) >= 11 is 3.39. The van der Waals surface area contributed by atoms with Crippen LogP contribution in [-0.4, -0.2) is 18.4 Å². The van der Waals surface area contributed by atoms with Crippen molar-refractivity contribution in [1.82, 2.24) is 0 Å². The number of fused-ring (bicyclic) bond motifs is 1. The first-order valence-corrected chi connectivity index (χ1v) is 10.5. The highest BCUT2D eigenvalue weighted by Crippen LogP contribution is 2.18. The number of halogens is 1. The molecule has 0 bridgehead atoms. The molecule has 0 saturated heterocycles. The number of Topliss-reactive ketones (excluding diaryl/α,β-unsaturated/α-hetero) is 1. The van der Waals surface area contributed by atoms with Gasteiger partial charge in [-0.15, -0.1) is 0 Å². The number of ether oxygens (including phenoxy) is 2. The number of rotatable bonds is 7. The van der Waals surface area contributed by atoms with E-state index in [-0.39, 0.29) is 12.4 Å². The van der Waals surface area contributed by atoms with Gasteiger partial charge < -0.3 is 9.47 Å². The first-order chi connectivity index (χ1) is 15.1. The third kappa shape index (κ3) is 5.38. The van der Waals surface area contributed by atoms with E-state index in [2.05, 4.69) is 15.9 Å². The Morgan fingerprint density at radius 3 is 2.16 bits per heavy atom. The Hall–Kier alpha value is -3.44. The summed E-state index contributed by atoms with van der Waals surface area (Å²) in [5, 5.41) is 2.03. The van der Waals surface area contributed by atoms with Crippen LogP contribution in [0, 0.1) is 0 Å². The van der Waals surface area contributed by atoms with Gasteiger partial charge in [0.15, 0.2) is 12.4 Å². The van der Waals surface area contributed by atoms with Crippen LogP contribution in [0.3, 0.4) is 0 Å². The Morgan fingerprint density at radius 2 is 1.42 bits per heavy atom. The van der Waals surface area contributed by atoms with Crippen LogP contribution in [-0.2, 0) is 11.3 Å². The van der Waals surface area contributed by atoms with E-state index >= 15 is 0 Å². The molecule has 4 aromatic carbocycles. The maximum atomic E-state index is 12.4. The molecule has 4 nitrogen and oxygen atoms in total. The number of hydrogen-bond donors (Lipinski definition) is 0. The molecule has 0 radical (unpaired) electrons. The number of ketones is 1. The minimum Gasteiger partial charge on any atom is -0.489 e. The molecule has 0 heterocycles. The van der Waals surface area contributed by atoms with Crippen molar-refractivity contribution in [2.75, 3.05) is 6.61 Å². The molecular weight excluding hydrogens is 456 g/mol. The van der Waals surface area contributed by atoms with E-state index in [1.165, 1.54) is 0 Å². The third-order valence-corrected chi connectivity index (χ3v) is 5.34. The summed E-state index contributed by atoms with van der Waals surface area (Å²) in [5.74, 6) is -0.00738. The maximum Gasteiger partial charge on any atom is 0.338 e. The highest BCUT2D eigenvalue weighted by Gasteiger charge is 2.12. The van der Waals surface area contributed by atoms with E-state index in [9.17, 15) is 9.59 Å². The number of carbonyl (C=O) groups is 2. The Kier molecular flexibility index (Phi) is 6.43. The van der Waals surface area contributed by atoms with Gasteiger partial charge >= 0.3 is 5.97 Å². The number of esters is 1. The Labute approximate surface area is 188 Å². The van der Waals surface area contributed by atoms with Crippen LogP contribution in [0.5, 0.6) is 5.75 Å². The summed E-state index contributed by atoms with van der Waals surface area (Å²) in [6.45, 7) is 0.0863. The van der Waals surface area contributed by atoms with Crippen molar-refractivity contribution in [2.24, 2.45) is 0 Å². The van der Waals surface area contributed by atoms with Gasteiger partial charge in [-0.25, -0.2) is 4.79 Å². The lowest BCUT2D eigenvalue weighted by Gasteiger charge is -2.08. The van der Waals surface area contributed by atoms with Gasteiger partial charge in [-0.05, 0) is 58.8 Å². The van der Waals surface area contributed by atoms with E-state index in [0.717, 1.165) is 26.6 Å². The predicted molar refractivity (Wildman–Crippen MR) is 123 cm³/mol. The Morgan fingerprint density at radius 1 is 0.742 bits per heavy atom. The normalized spacial score (nSPS) is 10.6. The van der Waals surface area contributed by atoms with Gasteiger partial charge in [0.05, 0.1) is 5.56 Å². The van der Waals surface area contributed by atoms with Gasteiger partial charge in [0.25, 0.3) is 0 Å². The third-order valence-electron chi connectivity index (χ3n) is 4.81. The van der Waals surface area contributed by atoms with Crippen LogP contribution < -0.4 is 4.74 Å². The molecule has 4 rings (SSSR count). The summed E-state index contributed by atoms with van der Waals surface area (Å²) in [7, 11) is 0. The molecule has 154 valence electrons. The molecule has 0 unspecified atom stereocenters. The van der Waals surface area contributed by atoms with Gasteiger partial charge in [-0.2, -0.15) is 0 Å². The molecule has 4 aromatic rings. The van der Waals surface area contributed by atoms with Crippen LogP contribution in [0.2, 0.25) is 0 Å². The standard InChI is InChI=1S/C26H19BrO4/c27-23-11-13-24(14-12-23)30-16-18-5-7-20(8-6-18)26(29)31-17-25(28)22-10-9-19-3-1-2-4-21(19)15-22/h1-15H,16-17H2. The predicted octanol–water partition coefficient (Wildman–Crippen LogP) is 6.22. The average Bonchev–Trinajstić information content (AvgIpc) is 2.82. The zero-order chi connectivity index (χ0) is 21.6. The van der Waals surface area contributed by atoms with E-state index in [1.807, 2.05) is 60.7 Å². The fourth-order valence-electron chi connectivity index (χ4n) is 3.10. The Bertz CT molecular complexity index is 1210. The van der Waals surface area contributed by atoms with Crippen molar-refractivity contribution >= 4 is 38.5 Å². The fraction of sp³-hybridized carbons (Fsp3) is 0.0769. The molecule has 0 saturated carbocycles. The quantitative estimate of drug-likeness (QED) is 0.235. The lowest BCUT2D eigenvalue weighted by atomic mass is 10.0. The Balaban J connectivity index is 1.31. The second-order valence-electron chi connectivity index (χ2n) is 7.00. The van der Waals surface area contributed by atoms with E-state index < -0.39 is 5.97 Å². The highest BCUT2D eigenvalue weighted by molar-refractivity contribution is 9.10. The fourth-order valence-corrected chi connectivity index (χ4v) is 3.36. The summed E-state index contributed by atoms with van der Waals surface area (Å²) in [4.78, 5) is 24.7. The van der Waals surface area contributed by atoms with Crippen LogP contribution >= 0.6 is 15.9 Å². The van der Waals surface area contributed by atoms with Crippen LogP contribution in [0.25, 0.3) is 10.8 Å². The van der Waals surface area contributed by atoms with Gasteiger partial charge in [0.1, 0.15) is 12.4 Å². The van der Waals surface area contributed by atoms with Crippen molar-refractivity contribution in [3.8, 4) is 5.75 Å². The summed E-state index contributed by atoms with van der Waals surface area (Å²) in [6.07, 6.45) is 0. The van der Waals surface area contributed by atoms with Crippen molar-refractivity contribution in [1.29, 1.82) is 0 Å². The van der Waals surface area contributed by atoms with Crippen LogP contribution in [0.1, 0.15) is 26.3 Å². The molecule has 0 amide bonds. The number of hydrogen-bond acceptors (Lipinski definition) is 4. The monoisotopic (exact) mass is 474 g/mol. The molecule has 5 heteroatoms. The maximum absolute atomic E-state index is 12.4. The summed E-state index contributed by atoms with van der Waals surface area (Å²) in [5.41, 5.74) is 1.83. The van der Waals surface area contributed by atoms with Gasteiger partial charge in [0.2, 0.25) is 0 Å². The SMILES string of the molecule is O=C(COC(=O)c1ccc(COc2ccc(Br)cc2)cc1)c1ccc2ccccc2c1. The van der Waals surface area contributed by atoms with Crippen molar-refractivity contribution in [2.45, 2.75) is 6.61 Å². The summed E-state index contributed by atoms with van der Waals surface area (Å²) in [6, 6.07) is 27.8. The molecule has 31 heavy (non-hydrogen) atoms. The number of carbonyl (C=O) groups excluding carboxylic acids is 2. The molecule has 0 aliphatic rings. The molecule has 0 spiro atoms. The second kappa shape index (κ2) is 9.58. The van der Waals surface area contributed by atoms with Crippen LogP contribution in [0.4, 0.5) is 0 Å². The molecule has 0 aromatic heterocycles. The lowest BCUT2D eigenvalue weighted by molar-refractivity contribution is 0.0475. The molecule has 0 N–H and O–H groups in total. The molecule has 0 fully saturated rings. The largest absolute Gasteiger partial charge is 0.489 e. The summed E-state index contributed by atoms with van der Waals surface area (Å²) < 4.78 is 11.9.